The third-order valence-electron chi connectivity index (χ3n) is 5.40. The topological polar surface area (TPSA) is 99.0 Å². The molecule has 1 heterocycles. The van der Waals surface area contributed by atoms with Gasteiger partial charge in [0.15, 0.2) is 0 Å². The SMILES string of the molecule is CC[C@@H](C)c1ccccc1OC(=O)[C@H]1CC(=O)N(c2ccc([N+](=O)[O-])cc2OC)C1. The van der Waals surface area contributed by atoms with Gasteiger partial charge in [0, 0.05) is 19.0 Å². The van der Waals surface area contributed by atoms with Gasteiger partial charge in [0.1, 0.15) is 11.5 Å². The van der Waals surface area contributed by atoms with E-state index in [0.717, 1.165) is 12.0 Å². The maximum absolute atomic E-state index is 12.8. The van der Waals surface area contributed by atoms with Crippen LogP contribution in [-0.2, 0) is 9.59 Å². The molecule has 1 fully saturated rings. The first kappa shape index (κ1) is 21.3. The van der Waals surface area contributed by atoms with Crippen LogP contribution in [0.3, 0.4) is 0 Å². The fraction of sp³-hybridized carbons (Fsp3) is 0.364. The largest absolute Gasteiger partial charge is 0.494 e. The minimum absolute atomic E-state index is 0.00444. The van der Waals surface area contributed by atoms with Gasteiger partial charge in [-0.15, -0.1) is 0 Å². The first-order chi connectivity index (χ1) is 14.3. The van der Waals surface area contributed by atoms with E-state index < -0.39 is 16.8 Å². The zero-order valence-electron chi connectivity index (χ0n) is 17.2. The van der Waals surface area contributed by atoms with Crippen LogP contribution in [0, 0.1) is 16.0 Å². The lowest BCUT2D eigenvalue weighted by atomic mass is 9.98. The minimum atomic E-state index is -0.637. The lowest BCUT2D eigenvalue weighted by Gasteiger charge is -2.19. The zero-order chi connectivity index (χ0) is 21.8. The van der Waals surface area contributed by atoms with E-state index in [4.69, 9.17) is 9.47 Å². The summed E-state index contributed by atoms with van der Waals surface area (Å²) >= 11 is 0. The van der Waals surface area contributed by atoms with Gasteiger partial charge in [-0.05, 0) is 30.0 Å². The highest BCUT2D eigenvalue weighted by Crippen LogP contribution is 2.36. The van der Waals surface area contributed by atoms with Crippen molar-refractivity contribution in [3.8, 4) is 11.5 Å². The average Bonchev–Trinajstić information content (AvgIpc) is 3.14. The van der Waals surface area contributed by atoms with Crippen molar-refractivity contribution in [1.29, 1.82) is 0 Å². The van der Waals surface area contributed by atoms with Crippen molar-refractivity contribution >= 4 is 23.3 Å². The molecular formula is C22H24N2O6. The summed E-state index contributed by atoms with van der Waals surface area (Å²) in [7, 11) is 1.38. The number of rotatable bonds is 7. The highest BCUT2D eigenvalue weighted by Gasteiger charge is 2.38. The van der Waals surface area contributed by atoms with Crippen molar-refractivity contribution in [2.24, 2.45) is 5.92 Å². The molecule has 0 bridgehead atoms. The van der Waals surface area contributed by atoms with Gasteiger partial charge in [-0.25, -0.2) is 0 Å². The molecule has 0 spiro atoms. The number of nitro benzene ring substituents is 1. The highest BCUT2D eigenvalue weighted by atomic mass is 16.6. The number of methoxy groups -OCH3 is 1. The van der Waals surface area contributed by atoms with E-state index in [2.05, 4.69) is 13.8 Å². The summed E-state index contributed by atoms with van der Waals surface area (Å²) in [5, 5.41) is 11.0. The molecule has 1 saturated heterocycles. The Labute approximate surface area is 174 Å². The molecule has 0 radical (unpaired) electrons. The van der Waals surface area contributed by atoms with Crippen LogP contribution in [0.2, 0.25) is 0 Å². The number of carbonyl (C=O) groups excluding carboxylic acids is 2. The molecule has 8 heteroatoms. The van der Waals surface area contributed by atoms with E-state index in [1.54, 1.807) is 6.07 Å². The normalized spacial score (nSPS) is 17.0. The second-order valence-electron chi connectivity index (χ2n) is 7.29. The number of anilines is 1. The number of esters is 1. The van der Waals surface area contributed by atoms with E-state index >= 15 is 0 Å². The van der Waals surface area contributed by atoms with Crippen molar-refractivity contribution in [2.45, 2.75) is 32.6 Å². The number of para-hydroxylation sites is 1. The van der Waals surface area contributed by atoms with Crippen LogP contribution in [-0.4, -0.2) is 30.5 Å². The Balaban J connectivity index is 1.78. The smallest absolute Gasteiger partial charge is 0.316 e. The average molecular weight is 412 g/mol. The minimum Gasteiger partial charge on any atom is -0.494 e. The molecule has 2 aromatic carbocycles. The molecule has 0 N–H and O–H groups in total. The van der Waals surface area contributed by atoms with Crippen LogP contribution < -0.4 is 14.4 Å². The van der Waals surface area contributed by atoms with Gasteiger partial charge < -0.3 is 14.4 Å². The Kier molecular flexibility index (Phi) is 6.34. The quantitative estimate of drug-likeness (QED) is 0.294. The number of ether oxygens (including phenoxy) is 2. The van der Waals surface area contributed by atoms with Gasteiger partial charge in [0.25, 0.3) is 5.69 Å². The van der Waals surface area contributed by atoms with Gasteiger partial charge in [-0.3, -0.25) is 19.7 Å². The standard InChI is InChI=1S/C22H24N2O6/c1-4-14(2)17-7-5-6-8-19(17)30-22(26)15-11-21(25)23(13-15)18-10-9-16(24(27)28)12-20(18)29-3/h5-10,12,14-15H,4,11,13H2,1-3H3/t14-,15+/m1/s1. The summed E-state index contributed by atoms with van der Waals surface area (Å²) in [5.74, 6) is -0.423. The van der Waals surface area contributed by atoms with Gasteiger partial charge in [-0.1, -0.05) is 32.0 Å². The van der Waals surface area contributed by atoms with Crippen molar-refractivity contribution in [2.75, 3.05) is 18.6 Å². The molecule has 1 aliphatic heterocycles. The van der Waals surface area contributed by atoms with E-state index in [-0.39, 0.29) is 36.2 Å². The Morgan fingerprint density at radius 3 is 2.67 bits per heavy atom. The highest BCUT2D eigenvalue weighted by molar-refractivity contribution is 6.01. The zero-order valence-corrected chi connectivity index (χ0v) is 17.2. The van der Waals surface area contributed by atoms with Crippen molar-refractivity contribution < 1.29 is 24.0 Å². The summed E-state index contributed by atoms with van der Waals surface area (Å²) < 4.78 is 10.9. The van der Waals surface area contributed by atoms with Crippen LogP contribution in [0.5, 0.6) is 11.5 Å². The summed E-state index contributed by atoms with van der Waals surface area (Å²) in [5.41, 5.74) is 1.20. The molecule has 3 rings (SSSR count). The van der Waals surface area contributed by atoms with E-state index in [9.17, 15) is 19.7 Å². The predicted molar refractivity (Wildman–Crippen MR) is 111 cm³/mol. The van der Waals surface area contributed by atoms with Gasteiger partial charge in [-0.2, -0.15) is 0 Å². The van der Waals surface area contributed by atoms with Crippen LogP contribution in [0.1, 0.15) is 38.2 Å². The fourth-order valence-electron chi connectivity index (χ4n) is 3.49. The molecule has 0 unspecified atom stereocenters. The summed E-state index contributed by atoms with van der Waals surface area (Å²) in [6, 6.07) is 11.4. The first-order valence-electron chi connectivity index (χ1n) is 9.79. The molecule has 1 aliphatic rings. The lowest BCUT2D eigenvalue weighted by Crippen LogP contribution is -2.27. The molecule has 2 atom stereocenters. The Bertz CT molecular complexity index is 974. The van der Waals surface area contributed by atoms with Crippen LogP contribution in [0.15, 0.2) is 42.5 Å². The molecule has 2 aromatic rings. The third-order valence-corrected chi connectivity index (χ3v) is 5.40. The molecule has 8 nitrogen and oxygen atoms in total. The number of hydrogen-bond donors (Lipinski definition) is 0. The van der Waals surface area contributed by atoms with Gasteiger partial charge in [0.05, 0.1) is 29.7 Å². The van der Waals surface area contributed by atoms with Gasteiger partial charge >= 0.3 is 5.97 Å². The maximum atomic E-state index is 12.8. The molecule has 0 aliphatic carbocycles. The Hall–Kier alpha value is -3.42. The monoisotopic (exact) mass is 412 g/mol. The van der Waals surface area contributed by atoms with E-state index in [1.807, 2.05) is 18.2 Å². The summed E-state index contributed by atoms with van der Waals surface area (Å²) in [6.07, 6.45) is 0.911. The molecule has 0 aromatic heterocycles. The van der Waals surface area contributed by atoms with Crippen molar-refractivity contribution in [3.63, 3.8) is 0 Å². The second kappa shape index (κ2) is 8.94. The maximum Gasteiger partial charge on any atom is 0.316 e. The van der Waals surface area contributed by atoms with Crippen LogP contribution in [0.4, 0.5) is 11.4 Å². The number of nitrogens with zero attached hydrogens (tertiary/aromatic N) is 2. The molecule has 158 valence electrons. The molecule has 1 amide bonds. The lowest BCUT2D eigenvalue weighted by molar-refractivity contribution is -0.384. The van der Waals surface area contributed by atoms with Crippen LogP contribution in [0.25, 0.3) is 0 Å². The fourth-order valence-corrected chi connectivity index (χ4v) is 3.49. The third kappa shape index (κ3) is 4.27. The number of amides is 1. The van der Waals surface area contributed by atoms with Crippen molar-refractivity contribution in [1.82, 2.24) is 0 Å². The molecule has 0 saturated carbocycles. The molecular weight excluding hydrogens is 388 g/mol. The van der Waals surface area contributed by atoms with Gasteiger partial charge in [0.2, 0.25) is 5.91 Å². The number of carbonyl (C=O) groups is 2. The second-order valence-corrected chi connectivity index (χ2v) is 7.29. The number of nitro groups is 1. The number of hydrogen-bond acceptors (Lipinski definition) is 6. The summed E-state index contributed by atoms with van der Waals surface area (Å²) in [6.45, 7) is 4.25. The Morgan fingerprint density at radius 2 is 2.00 bits per heavy atom. The summed E-state index contributed by atoms with van der Waals surface area (Å²) in [4.78, 5) is 37.2. The van der Waals surface area contributed by atoms with Crippen molar-refractivity contribution in [3.05, 3.63) is 58.1 Å². The number of benzene rings is 2. The van der Waals surface area contributed by atoms with E-state index in [1.165, 1.54) is 30.2 Å². The van der Waals surface area contributed by atoms with Crippen LogP contribution >= 0.6 is 0 Å². The van der Waals surface area contributed by atoms with E-state index in [0.29, 0.717) is 11.4 Å². The number of non-ortho nitro benzene ring substituents is 1. The first-order valence-corrected chi connectivity index (χ1v) is 9.79. The Morgan fingerprint density at radius 1 is 1.27 bits per heavy atom. The molecule has 30 heavy (non-hydrogen) atoms. The predicted octanol–water partition coefficient (Wildman–Crippen LogP) is 4.08.